The molecular formula is C10H8FN3O5S2. The van der Waals surface area contributed by atoms with Crippen molar-refractivity contribution in [2.75, 3.05) is 4.72 Å². The van der Waals surface area contributed by atoms with E-state index in [1.807, 2.05) is 4.72 Å². The van der Waals surface area contributed by atoms with Gasteiger partial charge >= 0.3 is 4.87 Å². The molecule has 0 bridgehead atoms. The Morgan fingerprint density at radius 3 is 2.62 bits per heavy atom. The molecule has 0 fully saturated rings. The lowest BCUT2D eigenvalue weighted by Crippen LogP contribution is -2.15. The van der Waals surface area contributed by atoms with E-state index in [0.29, 0.717) is 11.3 Å². The molecule has 8 nitrogen and oxygen atoms in total. The van der Waals surface area contributed by atoms with Crippen LogP contribution in [0.15, 0.2) is 27.2 Å². The van der Waals surface area contributed by atoms with E-state index in [-0.39, 0.29) is 9.90 Å². The first-order chi connectivity index (χ1) is 9.72. The van der Waals surface area contributed by atoms with E-state index in [2.05, 4.69) is 4.98 Å². The van der Waals surface area contributed by atoms with E-state index in [1.54, 1.807) is 0 Å². The fourth-order valence-electron chi connectivity index (χ4n) is 1.59. The quantitative estimate of drug-likeness (QED) is 0.650. The molecule has 0 saturated heterocycles. The van der Waals surface area contributed by atoms with Crippen LogP contribution in [-0.2, 0) is 10.0 Å². The maximum Gasteiger partial charge on any atom is 0.306 e. The van der Waals surface area contributed by atoms with Crippen molar-refractivity contribution in [3.05, 3.63) is 49.5 Å². The van der Waals surface area contributed by atoms with Gasteiger partial charge in [-0.05, 0) is 13.0 Å². The van der Waals surface area contributed by atoms with Gasteiger partial charge in [0.25, 0.3) is 15.7 Å². The minimum absolute atomic E-state index is 0.0662. The monoisotopic (exact) mass is 333 g/mol. The number of aromatic amines is 1. The molecule has 0 spiro atoms. The predicted molar refractivity (Wildman–Crippen MR) is 73.5 cm³/mol. The summed E-state index contributed by atoms with van der Waals surface area (Å²) in [7, 11) is -4.31. The third kappa shape index (κ3) is 2.92. The highest BCUT2D eigenvalue weighted by atomic mass is 32.2. The molecule has 21 heavy (non-hydrogen) atoms. The minimum Gasteiger partial charge on any atom is -0.315 e. The Hall–Kier alpha value is -2.27. The van der Waals surface area contributed by atoms with Gasteiger partial charge in [-0.25, -0.2) is 12.8 Å². The van der Waals surface area contributed by atoms with Crippen LogP contribution in [0, 0.1) is 22.9 Å². The molecule has 0 unspecified atom stereocenters. The molecule has 0 aliphatic rings. The Morgan fingerprint density at radius 1 is 1.43 bits per heavy atom. The second-order valence-corrected chi connectivity index (χ2v) is 6.78. The maximum atomic E-state index is 13.7. The number of anilines is 1. The Morgan fingerprint density at radius 2 is 2.10 bits per heavy atom. The molecule has 112 valence electrons. The van der Waals surface area contributed by atoms with Crippen LogP contribution >= 0.6 is 11.3 Å². The van der Waals surface area contributed by atoms with E-state index >= 15 is 0 Å². The minimum atomic E-state index is -4.31. The smallest absolute Gasteiger partial charge is 0.306 e. The van der Waals surface area contributed by atoms with E-state index in [0.717, 1.165) is 18.2 Å². The number of sulfonamides is 1. The van der Waals surface area contributed by atoms with Crippen LogP contribution in [0.3, 0.4) is 0 Å². The number of nitrogens with one attached hydrogen (secondary N) is 2. The van der Waals surface area contributed by atoms with E-state index in [9.17, 15) is 27.7 Å². The van der Waals surface area contributed by atoms with E-state index in [4.69, 9.17) is 0 Å². The fraction of sp³-hybridized carbons (Fsp3) is 0.100. The van der Waals surface area contributed by atoms with Gasteiger partial charge in [0.15, 0.2) is 15.7 Å². The molecule has 0 aliphatic carbocycles. The lowest BCUT2D eigenvalue weighted by Gasteiger charge is -2.08. The second kappa shape index (κ2) is 5.26. The third-order valence-corrected chi connectivity index (χ3v) is 5.40. The number of para-hydroxylation sites is 1. The zero-order valence-electron chi connectivity index (χ0n) is 10.4. The number of hydrogen-bond donors (Lipinski definition) is 2. The molecule has 1 aromatic heterocycles. The van der Waals surface area contributed by atoms with Crippen LogP contribution in [0.2, 0.25) is 0 Å². The number of rotatable bonds is 4. The summed E-state index contributed by atoms with van der Waals surface area (Å²) in [5, 5.41) is 10.8. The summed E-state index contributed by atoms with van der Waals surface area (Å²) in [6.45, 7) is 1.35. The number of nitro groups is 1. The van der Waals surface area contributed by atoms with Crippen molar-refractivity contribution in [1.82, 2.24) is 4.98 Å². The number of halogens is 1. The van der Waals surface area contributed by atoms with Crippen LogP contribution in [0.1, 0.15) is 5.69 Å². The van der Waals surface area contributed by atoms with Gasteiger partial charge in [0, 0.05) is 11.8 Å². The largest absolute Gasteiger partial charge is 0.315 e. The topological polar surface area (TPSA) is 122 Å². The maximum absolute atomic E-state index is 13.7. The SMILES string of the molecule is Cc1[nH]c(=O)sc1S(=O)(=O)Nc1c(F)cccc1[N+](=O)[O-]. The Kier molecular flexibility index (Phi) is 3.78. The van der Waals surface area contributed by atoms with Crippen molar-refractivity contribution in [1.29, 1.82) is 0 Å². The van der Waals surface area contributed by atoms with Crippen molar-refractivity contribution < 1.29 is 17.7 Å². The van der Waals surface area contributed by atoms with E-state index < -0.39 is 37.0 Å². The third-order valence-electron chi connectivity index (χ3n) is 2.45. The Labute approximate surface area is 121 Å². The highest BCUT2D eigenvalue weighted by Gasteiger charge is 2.26. The molecule has 0 aliphatic heterocycles. The van der Waals surface area contributed by atoms with Crippen LogP contribution < -0.4 is 9.60 Å². The second-order valence-electron chi connectivity index (χ2n) is 3.92. The summed E-state index contributed by atoms with van der Waals surface area (Å²) in [6, 6.07) is 2.94. The number of aryl methyl sites for hydroxylation is 1. The summed E-state index contributed by atoms with van der Waals surface area (Å²) in [5.41, 5.74) is -1.43. The summed E-state index contributed by atoms with van der Waals surface area (Å²) in [6.07, 6.45) is 0. The molecule has 2 N–H and O–H groups in total. The lowest BCUT2D eigenvalue weighted by molar-refractivity contribution is -0.384. The molecule has 1 heterocycles. The number of H-pyrrole nitrogens is 1. The Bertz CT molecular complexity index is 871. The van der Waals surface area contributed by atoms with Gasteiger partial charge in [0.2, 0.25) is 0 Å². The molecule has 2 aromatic rings. The van der Waals surface area contributed by atoms with Gasteiger partial charge in [0.1, 0.15) is 0 Å². The van der Waals surface area contributed by atoms with Gasteiger partial charge in [-0.15, -0.1) is 0 Å². The summed E-state index contributed by atoms with van der Waals surface area (Å²) < 4.78 is 39.4. The lowest BCUT2D eigenvalue weighted by atomic mass is 10.2. The number of thiazole rings is 1. The molecule has 0 amide bonds. The molecular weight excluding hydrogens is 325 g/mol. The molecule has 11 heteroatoms. The van der Waals surface area contributed by atoms with E-state index in [1.165, 1.54) is 6.92 Å². The molecule has 1 aromatic carbocycles. The summed E-state index contributed by atoms with van der Waals surface area (Å²) >= 11 is 0.407. The molecule has 0 atom stereocenters. The number of hydrogen-bond acceptors (Lipinski definition) is 6. The molecule has 2 rings (SSSR count). The first-order valence-electron chi connectivity index (χ1n) is 5.38. The van der Waals surface area contributed by atoms with Crippen molar-refractivity contribution >= 4 is 32.7 Å². The van der Waals surface area contributed by atoms with Crippen molar-refractivity contribution in [2.24, 2.45) is 0 Å². The van der Waals surface area contributed by atoms with Crippen molar-refractivity contribution in [3.8, 4) is 0 Å². The summed E-state index contributed by atoms with van der Waals surface area (Å²) in [5.74, 6) is -1.09. The number of aromatic nitrogens is 1. The van der Waals surface area contributed by atoms with Crippen molar-refractivity contribution in [3.63, 3.8) is 0 Å². The van der Waals surface area contributed by atoms with Gasteiger partial charge in [-0.3, -0.25) is 19.6 Å². The van der Waals surface area contributed by atoms with Gasteiger partial charge in [-0.2, -0.15) is 0 Å². The number of nitrogens with zero attached hydrogens (tertiary/aromatic N) is 1. The average molecular weight is 333 g/mol. The standard InChI is InChI=1S/C10H8FN3O5S2/c1-5-9(20-10(15)12-5)21(18,19)13-8-6(11)3-2-4-7(8)14(16)17/h2-4,13H,1H3,(H,12,15). The van der Waals surface area contributed by atoms with Gasteiger partial charge in [0.05, 0.1) is 4.92 Å². The fourth-order valence-corrected chi connectivity index (χ4v) is 3.98. The number of benzene rings is 1. The Balaban J connectivity index is 2.54. The predicted octanol–water partition coefficient (Wildman–Crippen LogP) is 1.59. The van der Waals surface area contributed by atoms with Gasteiger partial charge < -0.3 is 4.98 Å². The zero-order chi connectivity index (χ0) is 15.8. The summed E-state index contributed by atoms with van der Waals surface area (Å²) in [4.78, 5) is 22.7. The first-order valence-corrected chi connectivity index (χ1v) is 7.68. The highest BCUT2D eigenvalue weighted by molar-refractivity contribution is 7.94. The van der Waals surface area contributed by atoms with Crippen LogP contribution in [-0.4, -0.2) is 18.3 Å². The number of nitro benzene ring substituents is 1. The van der Waals surface area contributed by atoms with Crippen molar-refractivity contribution in [2.45, 2.75) is 11.1 Å². The zero-order valence-corrected chi connectivity index (χ0v) is 12.0. The normalized spacial score (nSPS) is 11.3. The first kappa shape index (κ1) is 15.1. The highest BCUT2D eigenvalue weighted by Crippen LogP contribution is 2.30. The average Bonchev–Trinajstić information content (AvgIpc) is 2.71. The molecule has 0 radical (unpaired) electrons. The van der Waals surface area contributed by atoms with Gasteiger partial charge in [-0.1, -0.05) is 17.4 Å². The molecule has 0 saturated carbocycles. The van der Waals surface area contributed by atoms with Crippen LogP contribution in [0.4, 0.5) is 15.8 Å². The van der Waals surface area contributed by atoms with Crippen LogP contribution in [0.25, 0.3) is 0 Å². The van der Waals surface area contributed by atoms with Crippen LogP contribution in [0.5, 0.6) is 0 Å².